The number of aryl methyl sites for hydroxylation is 1. The number of hydrogen-bond donors (Lipinski definition) is 0. The van der Waals surface area contributed by atoms with E-state index in [0.717, 1.165) is 11.1 Å². The molecule has 0 saturated heterocycles. The highest BCUT2D eigenvalue weighted by molar-refractivity contribution is 6.42. The van der Waals surface area contributed by atoms with Crippen molar-refractivity contribution in [2.45, 2.75) is 20.0 Å². The first-order valence-electron chi connectivity index (χ1n) is 9.77. The zero-order valence-corrected chi connectivity index (χ0v) is 18.1. The van der Waals surface area contributed by atoms with E-state index in [1.807, 2.05) is 35.8 Å². The minimum atomic E-state index is -0.314. The SMILES string of the molecule is Cc1ccc(Cn2c(CN3C(=O)c4ccccc4C3=O)nc3cc(Cl)c(Cl)cc32)cc1. The lowest BCUT2D eigenvalue weighted by Crippen LogP contribution is -2.30. The van der Waals surface area contributed by atoms with Crippen molar-refractivity contribution in [1.29, 1.82) is 0 Å². The van der Waals surface area contributed by atoms with Crippen LogP contribution in [0.1, 0.15) is 37.7 Å². The van der Waals surface area contributed by atoms with Crippen LogP contribution in [0, 0.1) is 6.92 Å². The fourth-order valence-corrected chi connectivity index (χ4v) is 4.18. The summed E-state index contributed by atoms with van der Waals surface area (Å²) < 4.78 is 1.98. The van der Waals surface area contributed by atoms with Gasteiger partial charge in [-0.15, -0.1) is 0 Å². The van der Waals surface area contributed by atoms with Gasteiger partial charge in [-0.05, 0) is 36.8 Å². The smallest absolute Gasteiger partial charge is 0.261 e. The van der Waals surface area contributed by atoms with Crippen LogP contribution in [0.3, 0.4) is 0 Å². The topological polar surface area (TPSA) is 55.2 Å². The van der Waals surface area contributed by atoms with Crippen molar-refractivity contribution in [2.24, 2.45) is 0 Å². The van der Waals surface area contributed by atoms with E-state index in [9.17, 15) is 9.59 Å². The summed E-state index contributed by atoms with van der Waals surface area (Å²) >= 11 is 12.5. The molecular formula is C24H17Cl2N3O2. The number of amides is 2. The number of benzene rings is 3. The lowest BCUT2D eigenvalue weighted by Gasteiger charge is -2.16. The summed E-state index contributed by atoms with van der Waals surface area (Å²) in [6.45, 7) is 2.61. The Labute approximate surface area is 188 Å². The minimum Gasteiger partial charge on any atom is -0.322 e. The molecule has 1 aromatic heterocycles. The summed E-state index contributed by atoms with van der Waals surface area (Å²) in [6, 6.07) is 18.5. The zero-order chi connectivity index (χ0) is 21.7. The Hall–Kier alpha value is -3.15. The number of carbonyl (C=O) groups is 2. The first-order chi connectivity index (χ1) is 14.9. The molecule has 0 radical (unpaired) electrons. The maximum absolute atomic E-state index is 12.9. The van der Waals surface area contributed by atoms with Crippen LogP contribution in [0.4, 0.5) is 0 Å². The van der Waals surface area contributed by atoms with Gasteiger partial charge in [-0.2, -0.15) is 0 Å². The molecule has 0 aliphatic carbocycles. The summed E-state index contributed by atoms with van der Waals surface area (Å²) in [5.74, 6) is -0.0420. The monoisotopic (exact) mass is 449 g/mol. The molecule has 31 heavy (non-hydrogen) atoms. The molecule has 3 aromatic carbocycles. The van der Waals surface area contributed by atoms with Gasteiger partial charge >= 0.3 is 0 Å². The molecule has 0 unspecified atom stereocenters. The second-order valence-corrected chi connectivity index (χ2v) is 8.41. The third-order valence-corrected chi connectivity index (χ3v) is 6.23. The molecule has 1 aliphatic rings. The summed E-state index contributed by atoms with van der Waals surface area (Å²) in [7, 11) is 0. The first kappa shape index (κ1) is 19.8. The van der Waals surface area contributed by atoms with Crippen molar-refractivity contribution in [3.8, 4) is 0 Å². The molecule has 0 bridgehead atoms. The lowest BCUT2D eigenvalue weighted by molar-refractivity contribution is 0.0637. The number of imide groups is 1. The molecule has 0 saturated carbocycles. The molecule has 0 N–H and O–H groups in total. The normalized spacial score (nSPS) is 13.3. The van der Waals surface area contributed by atoms with Gasteiger partial charge in [-0.1, -0.05) is 65.2 Å². The van der Waals surface area contributed by atoms with Gasteiger partial charge in [0.1, 0.15) is 5.82 Å². The van der Waals surface area contributed by atoms with E-state index in [2.05, 4.69) is 0 Å². The standard InChI is InChI=1S/C24H17Cl2N3O2/c1-14-6-8-15(9-7-14)12-28-21-11-19(26)18(25)10-20(21)27-22(28)13-29-23(30)16-4-2-3-5-17(16)24(29)31/h2-11H,12-13H2,1H3. The highest BCUT2D eigenvalue weighted by Crippen LogP contribution is 2.30. The van der Waals surface area contributed by atoms with Crippen molar-refractivity contribution in [3.05, 3.63) is 98.8 Å². The van der Waals surface area contributed by atoms with Gasteiger partial charge in [-0.3, -0.25) is 14.5 Å². The molecule has 5 nitrogen and oxygen atoms in total. The Morgan fingerprint density at radius 1 is 0.839 bits per heavy atom. The zero-order valence-electron chi connectivity index (χ0n) is 16.6. The van der Waals surface area contributed by atoms with E-state index in [0.29, 0.717) is 39.1 Å². The molecule has 2 heterocycles. The van der Waals surface area contributed by atoms with Crippen molar-refractivity contribution < 1.29 is 9.59 Å². The Bertz CT molecular complexity index is 1320. The second kappa shape index (κ2) is 7.52. The van der Waals surface area contributed by atoms with Gasteiger partial charge in [-0.25, -0.2) is 4.98 Å². The Kier molecular flexibility index (Phi) is 4.80. The van der Waals surface area contributed by atoms with E-state index in [1.165, 1.54) is 10.5 Å². The average Bonchev–Trinajstić information content (AvgIpc) is 3.20. The van der Waals surface area contributed by atoms with Gasteiger partial charge in [0.05, 0.1) is 38.8 Å². The lowest BCUT2D eigenvalue weighted by atomic mass is 10.1. The van der Waals surface area contributed by atoms with Crippen molar-refractivity contribution in [3.63, 3.8) is 0 Å². The van der Waals surface area contributed by atoms with Crippen LogP contribution < -0.4 is 0 Å². The highest BCUT2D eigenvalue weighted by atomic mass is 35.5. The van der Waals surface area contributed by atoms with Crippen LogP contribution in [0.25, 0.3) is 11.0 Å². The molecule has 154 valence electrons. The third kappa shape index (κ3) is 3.40. The summed E-state index contributed by atoms with van der Waals surface area (Å²) in [4.78, 5) is 31.7. The predicted octanol–water partition coefficient (Wildman–Crippen LogP) is 5.50. The quantitative estimate of drug-likeness (QED) is 0.386. The van der Waals surface area contributed by atoms with Crippen LogP contribution in [-0.2, 0) is 13.1 Å². The van der Waals surface area contributed by atoms with E-state index in [4.69, 9.17) is 28.2 Å². The van der Waals surface area contributed by atoms with Crippen LogP contribution in [0.2, 0.25) is 10.0 Å². The molecule has 2 amide bonds. The average molecular weight is 450 g/mol. The number of hydrogen-bond acceptors (Lipinski definition) is 3. The third-order valence-electron chi connectivity index (χ3n) is 5.51. The number of aromatic nitrogens is 2. The fraction of sp³-hybridized carbons (Fsp3) is 0.125. The first-order valence-corrected chi connectivity index (χ1v) is 10.5. The number of nitrogens with zero attached hydrogens (tertiary/aromatic N) is 3. The van der Waals surface area contributed by atoms with Gasteiger partial charge in [0.15, 0.2) is 0 Å². The molecule has 0 spiro atoms. The van der Waals surface area contributed by atoms with Gasteiger partial charge in [0.2, 0.25) is 0 Å². The largest absolute Gasteiger partial charge is 0.322 e. The van der Waals surface area contributed by atoms with Crippen molar-refractivity contribution >= 4 is 46.0 Å². The molecule has 7 heteroatoms. The highest BCUT2D eigenvalue weighted by Gasteiger charge is 2.36. The predicted molar refractivity (Wildman–Crippen MR) is 121 cm³/mol. The molecule has 4 aromatic rings. The fourth-order valence-electron chi connectivity index (χ4n) is 3.87. The number of rotatable bonds is 4. The molecule has 5 rings (SSSR count). The van der Waals surface area contributed by atoms with E-state index in [1.54, 1.807) is 36.4 Å². The number of imidazole rings is 1. The van der Waals surface area contributed by atoms with Gasteiger partial charge in [0, 0.05) is 6.54 Å². The maximum atomic E-state index is 12.9. The Morgan fingerprint density at radius 3 is 2.10 bits per heavy atom. The Morgan fingerprint density at radius 2 is 1.45 bits per heavy atom. The number of carbonyl (C=O) groups excluding carboxylic acids is 2. The summed E-state index contributed by atoms with van der Waals surface area (Å²) in [5.41, 5.74) is 4.52. The molecule has 1 aliphatic heterocycles. The van der Waals surface area contributed by atoms with E-state index in [-0.39, 0.29) is 18.4 Å². The van der Waals surface area contributed by atoms with Crippen molar-refractivity contribution in [1.82, 2.24) is 14.5 Å². The van der Waals surface area contributed by atoms with Crippen LogP contribution in [0.5, 0.6) is 0 Å². The maximum Gasteiger partial charge on any atom is 0.261 e. The van der Waals surface area contributed by atoms with E-state index >= 15 is 0 Å². The Balaban J connectivity index is 1.59. The van der Waals surface area contributed by atoms with Gasteiger partial charge < -0.3 is 4.57 Å². The summed E-state index contributed by atoms with van der Waals surface area (Å²) in [5, 5.41) is 0.827. The molecular weight excluding hydrogens is 433 g/mol. The second-order valence-electron chi connectivity index (χ2n) is 7.60. The number of fused-ring (bicyclic) bond motifs is 2. The molecule has 0 atom stereocenters. The number of halogens is 2. The summed E-state index contributed by atoms with van der Waals surface area (Å²) in [6.07, 6.45) is 0. The van der Waals surface area contributed by atoms with E-state index < -0.39 is 0 Å². The minimum absolute atomic E-state index is 0.0577. The van der Waals surface area contributed by atoms with Crippen LogP contribution >= 0.6 is 23.2 Å². The van der Waals surface area contributed by atoms with Crippen LogP contribution in [0.15, 0.2) is 60.7 Å². The van der Waals surface area contributed by atoms with Gasteiger partial charge in [0.25, 0.3) is 11.8 Å². The van der Waals surface area contributed by atoms with Crippen LogP contribution in [-0.4, -0.2) is 26.3 Å². The molecule has 0 fully saturated rings. The van der Waals surface area contributed by atoms with Crippen molar-refractivity contribution in [2.75, 3.05) is 0 Å².